The van der Waals surface area contributed by atoms with Crippen LogP contribution in [0.3, 0.4) is 0 Å². The van der Waals surface area contributed by atoms with Crippen molar-refractivity contribution >= 4 is 59.7 Å². The molecule has 1 aromatic heterocycles. The van der Waals surface area contributed by atoms with E-state index in [1.807, 2.05) is 6.07 Å². The molecule has 49 heavy (non-hydrogen) atoms. The van der Waals surface area contributed by atoms with Crippen LogP contribution in [0.15, 0.2) is 146 Å². The second kappa shape index (κ2) is 10.1. The molecule has 0 aliphatic heterocycles. The minimum atomic E-state index is -0.221. The summed E-state index contributed by atoms with van der Waals surface area (Å²) in [4.78, 5) is 9.33. The maximum atomic E-state index is 7.62. The summed E-state index contributed by atoms with van der Waals surface area (Å²) in [5, 5.41) is 10.9. The molecular formula is C47H30N2. The second-order valence-corrected chi connectivity index (χ2v) is 13.8. The average Bonchev–Trinajstić information content (AvgIpc) is 3.39. The van der Waals surface area contributed by atoms with Crippen molar-refractivity contribution in [2.45, 2.75) is 19.3 Å². The van der Waals surface area contributed by atoms with Gasteiger partial charge in [0.25, 0.3) is 0 Å². The molecule has 0 saturated heterocycles. The first-order valence-corrected chi connectivity index (χ1v) is 16.8. The predicted molar refractivity (Wildman–Crippen MR) is 206 cm³/mol. The highest BCUT2D eigenvalue weighted by Crippen LogP contribution is 2.52. The van der Waals surface area contributed by atoms with Gasteiger partial charge in [-0.05, 0) is 72.4 Å². The van der Waals surface area contributed by atoms with Crippen LogP contribution >= 0.6 is 0 Å². The molecule has 2 nitrogen and oxygen atoms in total. The molecule has 10 rings (SSSR count). The summed E-state index contributed by atoms with van der Waals surface area (Å²) in [6.45, 7) is 12.2. The van der Waals surface area contributed by atoms with Crippen molar-refractivity contribution in [3.05, 3.63) is 168 Å². The van der Waals surface area contributed by atoms with Crippen LogP contribution < -0.4 is 0 Å². The van der Waals surface area contributed by atoms with Crippen LogP contribution in [0, 0.1) is 6.57 Å². The van der Waals surface area contributed by atoms with Crippen LogP contribution in [0.25, 0.3) is 92.3 Å². The Morgan fingerprint density at radius 2 is 1.04 bits per heavy atom. The molecule has 1 aliphatic rings. The molecule has 0 saturated carbocycles. The molecule has 1 heterocycles. The van der Waals surface area contributed by atoms with Gasteiger partial charge in [-0.15, -0.1) is 0 Å². The van der Waals surface area contributed by atoms with Crippen molar-refractivity contribution in [1.29, 1.82) is 0 Å². The predicted octanol–water partition coefficient (Wildman–Crippen LogP) is 13.0. The molecule has 2 heteroatoms. The first-order chi connectivity index (χ1) is 24.0. The monoisotopic (exact) mass is 622 g/mol. The smallest absolute Gasteiger partial charge is 0.187 e. The van der Waals surface area contributed by atoms with Crippen LogP contribution in [0.4, 0.5) is 5.69 Å². The maximum absolute atomic E-state index is 7.62. The zero-order valence-corrected chi connectivity index (χ0v) is 27.3. The fourth-order valence-electron chi connectivity index (χ4n) is 8.51. The average molecular weight is 623 g/mol. The summed E-state index contributed by atoms with van der Waals surface area (Å²) in [6.07, 6.45) is 0. The standard InChI is InChI=1S/C47H30N2/c1-47(2)41-25-29(21-23-34(41)35-24-22-30(48-3)26-42(35)47)39-27-40-43(36-18-10-8-17-33(36)39)44-37-19-11-7-15-31(37)32-16-9-12-20-38(32)46(44)49-45(40)28-13-5-4-6-14-28/h4-27H,1-2H3. The Labute approximate surface area is 284 Å². The molecule has 9 aromatic rings. The van der Waals surface area contributed by atoms with Crippen LogP contribution in [0.1, 0.15) is 25.0 Å². The molecular weight excluding hydrogens is 593 g/mol. The Balaban J connectivity index is 1.36. The van der Waals surface area contributed by atoms with Crippen molar-refractivity contribution in [2.75, 3.05) is 0 Å². The summed E-state index contributed by atoms with van der Waals surface area (Å²) >= 11 is 0. The van der Waals surface area contributed by atoms with Gasteiger partial charge in [-0.1, -0.05) is 147 Å². The van der Waals surface area contributed by atoms with Gasteiger partial charge < -0.3 is 0 Å². The van der Waals surface area contributed by atoms with E-state index in [1.54, 1.807) is 0 Å². The van der Waals surface area contributed by atoms with Crippen molar-refractivity contribution in [3.63, 3.8) is 0 Å². The lowest BCUT2D eigenvalue weighted by atomic mass is 9.81. The van der Waals surface area contributed by atoms with Crippen LogP contribution in [-0.4, -0.2) is 4.98 Å². The lowest BCUT2D eigenvalue weighted by Crippen LogP contribution is -2.14. The van der Waals surface area contributed by atoms with Gasteiger partial charge in [0.05, 0.1) is 17.8 Å². The van der Waals surface area contributed by atoms with Crippen LogP contribution in [-0.2, 0) is 5.41 Å². The van der Waals surface area contributed by atoms with Gasteiger partial charge in [0.15, 0.2) is 5.69 Å². The summed E-state index contributed by atoms with van der Waals surface area (Å²) in [5.41, 5.74) is 11.0. The Morgan fingerprint density at radius 3 is 1.76 bits per heavy atom. The molecule has 0 radical (unpaired) electrons. The lowest BCUT2D eigenvalue weighted by Gasteiger charge is -2.23. The minimum Gasteiger partial charge on any atom is -0.246 e. The number of hydrogen-bond donors (Lipinski definition) is 0. The third-order valence-corrected chi connectivity index (χ3v) is 10.8. The number of aromatic nitrogens is 1. The summed E-state index contributed by atoms with van der Waals surface area (Å²) < 4.78 is 0. The fourth-order valence-corrected chi connectivity index (χ4v) is 8.51. The minimum absolute atomic E-state index is 0.221. The molecule has 0 amide bonds. The third kappa shape index (κ3) is 3.85. The summed E-state index contributed by atoms with van der Waals surface area (Å²) in [7, 11) is 0. The normalized spacial score (nSPS) is 13.2. The molecule has 0 atom stereocenters. The van der Waals surface area contributed by atoms with Crippen molar-refractivity contribution in [2.24, 2.45) is 0 Å². The van der Waals surface area contributed by atoms with E-state index in [-0.39, 0.29) is 5.41 Å². The van der Waals surface area contributed by atoms with E-state index in [9.17, 15) is 0 Å². The van der Waals surface area contributed by atoms with Gasteiger partial charge >= 0.3 is 0 Å². The highest BCUT2D eigenvalue weighted by Gasteiger charge is 2.36. The van der Waals surface area contributed by atoms with E-state index in [4.69, 9.17) is 11.6 Å². The molecule has 0 spiro atoms. The topological polar surface area (TPSA) is 17.2 Å². The van der Waals surface area contributed by atoms with E-state index in [1.165, 1.54) is 76.5 Å². The van der Waals surface area contributed by atoms with Crippen molar-refractivity contribution in [3.8, 4) is 33.5 Å². The fraction of sp³-hybridized carbons (Fsp3) is 0.0638. The third-order valence-electron chi connectivity index (χ3n) is 10.8. The van der Waals surface area contributed by atoms with E-state index >= 15 is 0 Å². The molecule has 8 aromatic carbocycles. The summed E-state index contributed by atoms with van der Waals surface area (Å²) in [5.74, 6) is 0. The first-order valence-electron chi connectivity index (χ1n) is 16.8. The van der Waals surface area contributed by atoms with E-state index < -0.39 is 0 Å². The second-order valence-electron chi connectivity index (χ2n) is 13.8. The van der Waals surface area contributed by atoms with Gasteiger partial charge in [-0.3, -0.25) is 0 Å². The number of hydrogen-bond acceptors (Lipinski definition) is 1. The van der Waals surface area contributed by atoms with Crippen molar-refractivity contribution in [1.82, 2.24) is 4.98 Å². The van der Waals surface area contributed by atoms with Crippen LogP contribution in [0.5, 0.6) is 0 Å². The van der Waals surface area contributed by atoms with E-state index in [2.05, 4.69) is 158 Å². The number of fused-ring (bicyclic) bond motifs is 13. The Kier molecular flexibility index (Phi) is 5.73. The number of benzene rings is 8. The quantitative estimate of drug-likeness (QED) is 0.138. The largest absolute Gasteiger partial charge is 0.246 e. The van der Waals surface area contributed by atoms with Crippen molar-refractivity contribution < 1.29 is 0 Å². The van der Waals surface area contributed by atoms with Crippen LogP contribution in [0.2, 0.25) is 0 Å². The zero-order chi connectivity index (χ0) is 32.9. The molecule has 0 bridgehead atoms. The molecule has 0 unspecified atom stereocenters. The van der Waals surface area contributed by atoms with Gasteiger partial charge in [0, 0.05) is 32.5 Å². The molecule has 0 fully saturated rings. The Bertz CT molecular complexity index is 2910. The zero-order valence-electron chi connectivity index (χ0n) is 27.3. The van der Waals surface area contributed by atoms with Gasteiger partial charge in [0.2, 0.25) is 0 Å². The van der Waals surface area contributed by atoms with E-state index in [0.717, 1.165) is 22.2 Å². The number of nitrogens with zero attached hydrogens (tertiary/aromatic N) is 2. The molecule has 1 aliphatic carbocycles. The first kappa shape index (κ1) is 27.8. The van der Waals surface area contributed by atoms with Gasteiger partial charge in [0.1, 0.15) is 0 Å². The van der Waals surface area contributed by atoms with E-state index in [0.29, 0.717) is 5.69 Å². The molecule has 0 N–H and O–H groups in total. The summed E-state index contributed by atoms with van der Waals surface area (Å²) in [6, 6.07) is 52.5. The molecule has 228 valence electrons. The Morgan fingerprint density at radius 1 is 0.469 bits per heavy atom. The van der Waals surface area contributed by atoms with Gasteiger partial charge in [-0.2, -0.15) is 0 Å². The van der Waals surface area contributed by atoms with Gasteiger partial charge in [-0.25, -0.2) is 9.83 Å². The maximum Gasteiger partial charge on any atom is 0.187 e. The SMILES string of the molecule is [C-]#[N+]c1ccc2c(c1)C(C)(C)c1cc(-c3cc4c(-c5ccccc5)nc5c6ccccc6c6ccccc6c5c4c4ccccc34)ccc1-2. The lowest BCUT2D eigenvalue weighted by molar-refractivity contribution is 0.661. The Hall–Kier alpha value is -6.30. The highest BCUT2D eigenvalue weighted by atomic mass is 14.7. The number of rotatable bonds is 2. The number of pyridine rings is 1. The highest BCUT2D eigenvalue weighted by molar-refractivity contribution is 6.36.